The van der Waals surface area contributed by atoms with Crippen LogP contribution in [0.15, 0.2) is 30.6 Å². The number of carboxylic acid groups (broad SMARTS) is 1. The summed E-state index contributed by atoms with van der Waals surface area (Å²) in [5, 5.41) is 18.0. The zero-order valence-electron chi connectivity index (χ0n) is 14.0. The minimum atomic E-state index is -0.932. The first-order chi connectivity index (χ1) is 12.1. The van der Waals surface area contributed by atoms with E-state index in [0.29, 0.717) is 6.42 Å². The van der Waals surface area contributed by atoms with Crippen molar-refractivity contribution in [2.75, 3.05) is 11.5 Å². The second-order valence-corrected chi connectivity index (χ2v) is 7.63. The molecular weight excluding hydrogens is 338 g/mol. The highest BCUT2D eigenvalue weighted by Crippen LogP contribution is 2.42. The van der Waals surface area contributed by atoms with Gasteiger partial charge in [-0.3, -0.25) is 9.78 Å². The van der Waals surface area contributed by atoms with Gasteiger partial charge in [0.1, 0.15) is 11.7 Å². The highest BCUT2D eigenvalue weighted by atomic mass is 32.2. The van der Waals surface area contributed by atoms with Crippen molar-refractivity contribution in [3.63, 3.8) is 0 Å². The smallest absolute Gasteiger partial charge is 0.320 e. The summed E-state index contributed by atoms with van der Waals surface area (Å²) in [6.45, 7) is 0. The zero-order chi connectivity index (χ0) is 17.7. The molecule has 7 nitrogen and oxygen atoms in total. The summed E-state index contributed by atoms with van der Waals surface area (Å²) in [5.74, 6) is 0.779. The molecule has 2 heterocycles. The van der Waals surface area contributed by atoms with Gasteiger partial charge in [-0.25, -0.2) is 0 Å². The highest BCUT2D eigenvalue weighted by molar-refractivity contribution is 7.99. The number of thioether (sulfide) groups is 1. The van der Waals surface area contributed by atoms with Crippen LogP contribution < -0.4 is 5.73 Å². The maximum Gasteiger partial charge on any atom is 0.320 e. The van der Waals surface area contributed by atoms with E-state index in [-0.39, 0.29) is 5.54 Å². The Morgan fingerprint density at radius 3 is 2.84 bits per heavy atom. The molecule has 1 aliphatic carbocycles. The summed E-state index contributed by atoms with van der Waals surface area (Å²) in [6.07, 6.45) is 8.37. The van der Waals surface area contributed by atoms with E-state index in [0.717, 1.165) is 42.2 Å². The molecule has 0 spiro atoms. The van der Waals surface area contributed by atoms with Gasteiger partial charge in [0.25, 0.3) is 0 Å². The number of nitrogens with zero attached hydrogens (tertiary/aromatic N) is 4. The van der Waals surface area contributed by atoms with Crippen LogP contribution in [0.4, 0.5) is 0 Å². The molecule has 3 rings (SSSR count). The van der Waals surface area contributed by atoms with Gasteiger partial charge in [0, 0.05) is 6.20 Å². The second kappa shape index (κ2) is 7.97. The van der Waals surface area contributed by atoms with Crippen LogP contribution in [0.2, 0.25) is 0 Å². The minimum Gasteiger partial charge on any atom is -0.480 e. The molecule has 2 aromatic rings. The molecule has 3 N–H and O–H groups in total. The summed E-state index contributed by atoms with van der Waals surface area (Å²) >= 11 is 1.75. The van der Waals surface area contributed by atoms with Crippen molar-refractivity contribution in [3.05, 3.63) is 30.6 Å². The molecule has 0 saturated heterocycles. The average molecular weight is 361 g/mol. The normalized spacial score (nSPS) is 17.0. The molecule has 0 amide bonds. The first kappa shape index (κ1) is 17.9. The lowest BCUT2D eigenvalue weighted by molar-refractivity contribution is -0.138. The number of pyridine rings is 1. The van der Waals surface area contributed by atoms with E-state index in [4.69, 9.17) is 10.8 Å². The third-order valence-electron chi connectivity index (χ3n) is 4.73. The van der Waals surface area contributed by atoms with Gasteiger partial charge in [-0.05, 0) is 55.7 Å². The van der Waals surface area contributed by atoms with E-state index in [9.17, 15) is 4.79 Å². The quantitative estimate of drug-likeness (QED) is 0.659. The fourth-order valence-corrected chi connectivity index (χ4v) is 4.11. The van der Waals surface area contributed by atoms with Crippen molar-refractivity contribution in [2.45, 2.75) is 43.7 Å². The van der Waals surface area contributed by atoms with E-state index < -0.39 is 12.0 Å². The summed E-state index contributed by atoms with van der Waals surface area (Å²) in [6, 6.07) is 5.00. The third-order valence-corrected chi connectivity index (χ3v) is 5.75. The topological polar surface area (TPSA) is 107 Å². The predicted octanol–water partition coefficient (Wildman–Crippen LogP) is 2.14. The van der Waals surface area contributed by atoms with Crippen molar-refractivity contribution in [1.82, 2.24) is 20.0 Å². The zero-order valence-corrected chi connectivity index (χ0v) is 14.9. The molecule has 1 aliphatic rings. The van der Waals surface area contributed by atoms with E-state index in [2.05, 4.69) is 15.2 Å². The Labute approximate surface area is 151 Å². The van der Waals surface area contributed by atoms with Gasteiger partial charge in [0.2, 0.25) is 0 Å². The number of hydrogen-bond donors (Lipinski definition) is 2. The maximum absolute atomic E-state index is 10.7. The van der Waals surface area contributed by atoms with Crippen LogP contribution in [0, 0.1) is 0 Å². The number of carbonyl (C=O) groups is 1. The van der Waals surface area contributed by atoms with Crippen LogP contribution in [0.1, 0.15) is 32.1 Å². The lowest BCUT2D eigenvalue weighted by atomic mass is 9.75. The van der Waals surface area contributed by atoms with Crippen molar-refractivity contribution in [2.24, 2.45) is 5.73 Å². The van der Waals surface area contributed by atoms with Crippen molar-refractivity contribution in [1.29, 1.82) is 0 Å². The van der Waals surface area contributed by atoms with Gasteiger partial charge >= 0.3 is 5.97 Å². The van der Waals surface area contributed by atoms with E-state index >= 15 is 0 Å². The monoisotopic (exact) mass is 361 g/mol. The van der Waals surface area contributed by atoms with Gasteiger partial charge in [-0.2, -0.15) is 26.8 Å². The van der Waals surface area contributed by atoms with Gasteiger partial charge in [0.05, 0.1) is 17.4 Å². The molecule has 1 fully saturated rings. The van der Waals surface area contributed by atoms with Gasteiger partial charge in [0.15, 0.2) is 0 Å². The number of aliphatic carboxylic acids is 1. The molecule has 1 unspecified atom stereocenters. The van der Waals surface area contributed by atoms with E-state index in [1.54, 1.807) is 24.2 Å². The number of rotatable bonds is 9. The molecule has 0 radical (unpaired) electrons. The van der Waals surface area contributed by atoms with Gasteiger partial charge in [-0.15, -0.1) is 0 Å². The molecule has 1 saturated carbocycles. The highest BCUT2D eigenvalue weighted by Gasteiger charge is 2.40. The van der Waals surface area contributed by atoms with Crippen molar-refractivity contribution >= 4 is 17.7 Å². The molecule has 134 valence electrons. The minimum absolute atomic E-state index is 0.00502. The van der Waals surface area contributed by atoms with Crippen molar-refractivity contribution in [3.8, 4) is 11.4 Å². The molecule has 2 aromatic heterocycles. The van der Waals surface area contributed by atoms with Crippen LogP contribution >= 0.6 is 11.8 Å². The molecule has 25 heavy (non-hydrogen) atoms. The summed E-state index contributed by atoms with van der Waals surface area (Å²) in [7, 11) is 0. The molecule has 0 bridgehead atoms. The molecule has 8 heteroatoms. The summed E-state index contributed by atoms with van der Waals surface area (Å²) in [4.78, 5) is 16.9. The van der Waals surface area contributed by atoms with Gasteiger partial charge < -0.3 is 10.8 Å². The first-order valence-electron chi connectivity index (χ1n) is 8.51. The van der Waals surface area contributed by atoms with Crippen LogP contribution in [-0.4, -0.2) is 48.6 Å². The Morgan fingerprint density at radius 2 is 2.20 bits per heavy atom. The van der Waals surface area contributed by atoms with Crippen LogP contribution in [-0.2, 0) is 10.3 Å². The molecule has 0 aromatic carbocycles. The SMILES string of the molecule is NC(CCSCCC1(n2ncc(-c3ccccn3)n2)CCC1)C(=O)O. The second-order valence-electron chi connectivity index (χ2n) is 6.41. The average Bonchev–Trinajstić information content (AvgIpc) is 3.07. The predicted molar refractivity (Wildman–Crippen MR) is 97.2 cm³/mol. The molecular formula is C17H23N5O2S. The van der Waals surface area contributed by atoms with Crippen molar-refractivity contribution < 1.29 is 9.90 Å². The maximum atomic E-state index is 10.7. The Hall–Kier alpha value is -1.93. The Kier molecular flexibility index (Phi) is 5.70. The van der Waals surface area contributed by atoms with Crippen LogP contribution in [0.3, 0.4) is 0 Å². The van der Waals surface area contributed by atoms with Crippen LogP contribution in [0.25, 0.3) is 11.4 Å². The Balaban J connectivity index is 1.55. The fourth-order valence-electron chi connectivity index (χ4n) is 2.96. The largest absolute Gasteiger partial charge is 0.480 e. The Morgan fingerprint density at radius 1 is 1.36 bits per heavy atom. The fraction of sp³-hybridized carbons (Fsp3) is 0.529. The molecule has 0 aliphatic heterocycles. The third kappa shape index (κ3) is 4.19. The number of carboxylic acids is 1. The Bertz CT molecular complexity index is 702. The van der Waals surface area contributed by atoms with E-state index in [1.807, 2.05) is 23.0 Å². The number of nitrogens with two attached hydrogens (primary N) is 1. The first-order valence-corrected chi connectivity index (χ1v) is 9.67. The number of hydrogen-bond acceptors (Lipinski definition) is 6. The standard InChI is InChI=1S/C17H23N5O2S/c18-13(16(23)24)5-10-25-11-8-17(6-3-7-17)22-20-12-15(21-22)14-4-1-2-9-19-14/h1-2,4,9,12-13H,3,5-8,10-11,18H2,(H,23,24). The van der Waals surface area contributed by atoms with Crippen LogP contribution in [0.5, 0.6) is 0 Å². The number of aromatic nitrogens is 4. The molecule has 1 atom stereocenters. The lowest BCUT2D eigenvalue weighted by Crippen LogP contribution is -2.42. The summed E-state index contributed by atoms with van der Waals surface area (Å²) in [5.41, 5.74) is 7.15. The van der Waals surface area contributed by atoms with E-state index in [1.165, 1.54) is 6.42 Å². The van der Waals surface area contributed by atoms with Gasteiger partial charge in [-0.1, -0.05) is 6.07 Å². The summed E-state index contributed by atoms with van der Waals surface area (Å²) < 4.78 is 0. The lowest BCUT2D eigenvalue weighted by Gasteiger charge is -2.40.